The first-order valence-electron chi connectivity index (χ1n) is 15.6. The van der Waals surface area contributed by atoms with Gasteiger partial charge in [-0.05, 0) is 50.2 Å². The number of hydrogen-bond donors (Lipinski definition) is 4. The van der Waals surface area contributed by atoms with E-state index in [1.165, 1.54) is 6.92 Å². The van der Waals surface area contributed by atoms with E-state index in [4.69, 9.17) is 11.5 Å². The summed E-state index contributed by atoms with van der Waals surface area (Å²) in [6.45, 7) is 2.54. The van der Waals surface area contributed by atoms with Crippen LogP contribution < -0.4 is 22.1 Å². The number of nitrogens with two attached hydrogens (primary N) is 2. The molecule has 1 saturated carbocycles. The van der Waals surface area contributed by atoms with Crippen LogP contribution in [0.1, 0.15) is 87.7 Å². The average molecular weight is 607 g/mol. The Balaban J connectivity index is 1.41. The summed E-state index contributed by atoms with van der Waals surface area (Å²) in [5.41, 5.74) is 11.5. The smallest absolute Gasteiger partial charge is 0.287 e. The van der Waals surface area contributed by atoms with Crippen molar-refractivity contribution in [3.05, 3.63) is 36.0 Å². The van der Waals surface area contributed by atoms with Gasteiger partial charge in [0.1, 0.15) is 11.7 Å². The van der Waals surface area contributed by atoms with Crippen LogP contribution in [-0.4, -0.2) is 69.5 Å². The molecule has 2 saturated heterocycles. The Hall–Kier alpha value is -4.22. The molecule has 1 aromatic carbocycles. The van der Waals surface area contributed by atoms with Gasteiger partial charge in [0.15, 0.2) is 0 Å². The minimum absolute atomic E-state index is 0.0201. The molecule has 236 valence electrons. The first-order chi connectivity index (χ1) is 21.0. The van der Waals surface area contributed by atoms with E-state index in [0.717, 1.165) is 37.5 Å². The zero-order valence-electron chi connectivity index (χ0n) is 25.2. The first-order valence-corrected chi connectivity index (χ1v) is 15.6. The quantitative estimate of drug-likeness (QED) is 0.298. The highest BCUT2D eigenvalue weighted by Crippen LogP contribution is 2.37. The van der Waals surface area contributed by atoms with Gasteiger partial charge >= 0.3 is 0 Å². The number of fused-ring (bicyclic) bond motifs is 1. The van der Waals surface area contributed by atoms with Crippen LogP contribution in [0.2, 0.25) is 0 Å². The van der Waals surface area contributed by atoms with E-state index >= 15 is 0 Å². The van der Waals surface area contributed by atoms with Crippen molar-refractivity contribution in [3.8, 4) is 0 Å². The number of aromatic nitrogens is 1. The van der Waals surface area contributed by atoms with E-state index in [-0.39, 0.29) is 29.8 Å². The molecule has 12 heteroatoms. The van der Waals surface area contributed by atoms with E-state index in [9.17, 15) is 28.8 Å². The molecule has 1 spiro atoms. The summed E-state index contributed by atoms with van der Waals surface area (Å²) >= 11 is 0. The maximum absolute atomic E-state index is 14.2. The number of ketones is 1. The van der Waals surface area contributed by atoms with Crippen molar-refractivity contribution in [2.45, 2.75) is 88.8 Å². The van der Waals surface area contributed by atoms with E-state index in [1.54, 1.807) is 15.5 Å². The lowest BCUT2D eigenvalue weighted by molar-refractivity contribution is -0.139. The van der Waals surface area contributed by atoms with Crippen molar-refractivity contribution in [2.75, 3.05) is 13.1 Å². The number of hydrogen-bond acceptors (Lipinski definition) is 6. The van der Waals surface area contributed by atoms with Crippen molar-refractivity contribution < 1.29 is 28.8 Å². The summed E-state index contributed by atoms with van der Waals surface area (Å²) in [4.78, 5) is 78.7. The molecule has 12 nitrogen and oxygen atoms in total. The zero-order valence-corrected chi connectivity index (χ0v) is 25.2. The Morgan fingerprint density at radius 1 is 1.02 bits per heavy atom. The molecule has 0 radical (unpaired) electrons. The number of likely N-dealkylation sites (tertiary alicyclic amines) is 1. The monoisotopic (exact) mass is 606 g/mol. The van der Waals surface area contributed by atoms with E-state index in [1.807, 2.05) is 24.3 Å². The second-order valence-corrected chi connectivity index (χ2v) is 12.8. The minimum atomic E-state index is -1.32. The molecule has 0 bridgehead atoms. The summed E-state index contributed by atoms with van der Waals surface area (Å²) in [6, 6.07) is 6.74. The highest BCUT2D eigenvalue weighted by atomic mass is 16.2. The predicted octanol–water partition coefficient (Wildman–Crippen LogP) is 1.70. The molecule has 2 aliphatic heterocycles. The number of carbonyl (C=O) groups is 6. The molecular formula is C32H42N6O6. The van der Waals surface area contributed by atoms with Gasteiger partial charge < -0.3 is 31.6 Å². The fourth-order valence-electron chi connectivity index (χ4n) is 7.47. The van der Waals surface area contributed by atoms with Gasteiger partial charge in [-0.2, -0.15) is 0 Å². The van der Waals surface area contributed by atoms with Crippen LogP contribution in [0.25, 0.3) is 10.9 Å². The van der Waals surface area contributed by atoms with Crippen molar-refractivity contribution in [1.29, 1.82) is 0 Å². The van der Waals surface area contributed by atoms with Crippen molar-refractivity contribution >= 4 is 46.2 Å². The summed E-state index contributed by atoms with van der Waals surface area (Å²) in [7, 11) is 0. The molecule has 3 aliphatic rings. The fourth-order valence-corrected chi connectivity index (χ4v) is 7.47. The molecule has 6 N–H and O–H groups in total. The topological polar surface area (TPSA) is 187 Å². The maximum Gasteiger partial charge on any atom is 0.287 e. The van der Waals surface area contributed by atoms with Crippen molar-refractivity contribution in [3.63, 3.8) is 0 Å². The molecule has 5 rings (SSSR count). The summed E-state index contributed by atoms with van der Waals surface area (Å²) < 4.78 is 1.65. The molecule has 2 aromatic rings. The van der Waals surface area contributed by atoms with Crippen molar-refractivity contribution in [2.24, 2.45) is 23.3 Å². The SMILES string of the molecule is CC(=O)N1CCC2(CC1)C[C@H](C[C@H](NC(=O)[C@H](CC1CCCCC1)n1c(C(N)=O)cc3ccccc31)C(=O)C(N)=O)C(=O)N2. The van der Waals surface area contributed by atoms with Gasteiger partial charge in [-0.1, -0.05) is 50.3 Å². The molecule has 3 heterocycles. The van der Waals surface area contributed by atoms with E-state index in [0.29, 0.717) is 44.3 Å². The maximum atomic E-state index is 14.2. The average Bonchev–Trinajstić information content (AvgIpc) is 3.53. The van der Waals surface area contributed by atoms with Crippen molar-refractivity contribution in [1.82, 2.24) is 20.1 Å². The normalized spacial score (nSPS) is 21.5. The number of nitrogens with one attached hydrogen (secondary N) is 2. The highest BCUT2D eigenvalue weighted by Gasteiger charge is 2.47. The first kappa shape index (κ1) is 31.2. The lowest BCUT2D eigenvalue weighted by atomic mass is 9.81. The lowest BCUT2D eigenvalue weighted by Crippen LogP contribution is -2.51. The van der Waals surface area contributed by atoms with Crippen LogP contribution in [0, 0.1) is 11.8 Å². The number of piperidine rings is 1. The van der Waals surface area contributed by atoms with Gasteiger partial charge in [-0.25, -0.2) is 0 Å². The molecule has 3 fully saturated rings. The summed E-state index contributed by atoms with van der Waals surface area (Å²) in [5, 5.41) is 6.59. The van der Waals surface area contributed by atoms with Crippen LogP contribution >= 0.6 is 0 Å². The van der Waals surface area contributed by atoms with Crippen LogP contribution in [0.15, 0.2) is 30.3 Å². The van der Waals surface area contributed by atoms with Gasteiger partial charge in [0.05, 0.1) is 6.04 Å². The number of amides is 5. The van der Waals surface area contributed by atoms with E-state index in [2.05, 4.69) is 10.6 Å². The Morgan fingerprint density at radius 3 is 2.34 bits per heavy atom. The van der Waals surface area contributed by atoms with Crippen LogP contribution in [0.4, 0.5) is 0 Å². The number of Topliss-reactive ketones (excluding diaryl/α,β-unsaturated/α-hetero) is 1. The zero-order chi connectivity index (χ0) is 31.6. The minimum Gasteiger partial charge on any atom is -0.364 e. The summed E-state index contributed by atoms with van der Waals surface area (Å²) in [5.74, 6) is -4.12. The number of primary amides is 2. The molecular weight excluding hydrogens is 564 g/mol. The van der Waals surface area contributed by atoms with E-state index < -0.39 is 47.0 Å². The third kappa shape index (κ3) is 6.48. The molecule has 3 atom stereocenters. The third-order valence-electron chi connectivity index (χ3n) is 9.85. The van der Waals surface area contributed by atoms with Gasteiger partial charge in [0, 0.05) is 42.4 Å². The number of nitrogens with zero attached hydrogens (tertiary/aromatic N) is 2. The fraction of sp³-hybridized carbons (Fsp3) is 0.562. The number of para-hydroxylation sites is 1. The van der Waals surface area contributed by atoms with Crippen LogP contribution in [0.3, 0.4) is 0 Å². The largest absolute Gasteiger partial charge is 0.364 e. The van der Waals surface area contributed by atoms with Gasteiger partial charge in [-0.3, -0.25) is 28.8 Å². The molecule has 0 unspecified atom stereocenters. The standard InChI is InChI=1S/C32H42N6O6/c1-19(39)37-13-11-32(12-14-37)18-22(30(43)36-32)16-23(27(40)29(34)42)35-31(44)26(15-20-7-3-2-4-8-20)38-24-10-6-5-9-21(24)17-25(38)28(33)41/h5-6,9-10,17,20,22-23,26H,2-4,7-8,11-16,18H2,1H3,(H2,33,41)(H2,34,42)(H,35,44)(H,36,43)/t22-,23-,26-/m0/s1. The van der Waals surface area contributed by atoms with Gasteiger partial charge in [-0.15, -0.1) is 0 Å². The summed E-state index contributed by atoms with van der Waals surface area (Å²) in [6.07, 6.45) is 6.97. The molecule has 1 aromatic heterocycles. The van der Waals surface area contributed by atoms with Gasteiger partial charge in [0.2, 0.25) is 23.5 Å². The van der Waals surface area contributed by atoms with Crippen LogP contribution in [0.5, 0.6) is 0 Å². The molecule has 44 heavy (non-hydrogen) atoms. The Labute approximate surface area is 256 Å². The predicted molar refractivity (Wildman–Crippen MR) is 162 cm³/mol. The van der Waals surface area contributed by atoms with Crippen LogP contribution in [-0.2, 0) is 24.0 Å². The second kappa shape index (κ2) is 12.8. The molecule has 5 amide bonds. The molecule has 1 aliphatic carbocycles. The number of carbonyl (C=O) groups excluding carboxylic acids is 6. The highest BCUT2D eigenvalue weighted by molar-refractivity contribution is 6.38. The lowest BCUT2D eigenvalue weighted by Gasteiger charge is -2.39. The number of benzene rings is 1. The Morgan fingerprint density at radius 2 is 1.70 bits per heavy atom. The Bertz CT molecular complexity index is 1470. The van der Waals surface area contributed by atoms with Gasteiger partial charge in [0.25, 0.3) is 11.8 Å². The third-order valence-corrected chi connectivity index (χ3v) is 9.85. The Kier molecular flexibility index (Phi) is 9.07. The second-order valence-electron chi connectivity index (χ2n) is 12.8. The number of rotatable bonds is 10.